The highest BCUT2D eigenvalue weighted by Crippen LogP contribution is 2.28. The van der Waals surface area contributed by atoms with Crippen molar-refractivity contribution in [2.24, 2.45) is 0 Å². The Morgan fingerprint density at radius 3 is 2.38 bits per heavy atom. The van der Waals surface area contributed by atoms with Crippen molar-refractivity contribution in [1.82, 2.24) is 14.8 Å². The van der Waals surface area contributed by atoms with Crippen LogP contribution in [-0.4, -0.2) is 47.5 Å². The Morgan fingerprint density at radius 1 is 0.931 bits per heavy atom. The highest BCUT2D eigenvalue weighted by Gasteiger charge is 2.19. The number of hydrogen-bond donors (Lipinski definition) is 0. The van der Waals surface area contributed by atoms with Crippen LogP contribution in [0.1, 0.15) is 54.8 Å². The Kier molecular flexibility index (Phi) is 7.22. The maximum absolute atomic E-state index is 6.00. The van der Waals surface area contributed by atoms with E-state index in [1.807, 2.05) is 18.3 Å². The van der Waals surface area contributed by atoms with E-state index in [-0.39, 0.29) is 0 Å². The van der Waals surface area contributed by atoms with Crippen LogP contribution in [0, 0.1) is 11.8 Å². The van der Waals surface area contributed by atoms with Gasteiger partial charge >= 0.3 is 0 Å². The molecule has 3 nitrogen and oxygen atoms in total. The fourth-order valence-electron chi connectivity index (χ4n) is 4.38. The Hall–Kier alpha value is -1.86. The van der Waals surface area contributed by atoms with Crippen LogP contribution >= 0.6 is 11.6 Å². The predicted molar refractivity (Wildman–Crippen MR) is 120 cm³/mol. The molecule has 0 amide bonds. The molecule has 2 aliphatic heterocycles. The van der Waals surface area contributed by atoms with Gasteiger partial charge in [0.1, 0.15) is 5.69 Å². The van der Waals surface area contributed by atoms with E-state index < -0.39 is 0 Å². The van der Waals surface area contributed by atoms with Gasteiger partial charge in [0.05, 0.1) is 0 Å². The molecule has 0 N–H and O–H groups in total. The van der Waals surface area contributed by atoms with Gasteiger partial charge in [0.2, 0.25) is 0 Å². The molecule has 3 heterocycles. The lowest BCUT2D eigenvalue weighted by Crippen LogP contribution is -2.33. The molecule has 29 heavy (non-hydrogen) atoms. The lowest BCUT2D eigenvalue weighted by Gasteiger charge is -2.31. The zero-order valence-electron chi connectivity index (χ0n) is 17.1. The van der Waals surface area contributed by atoms with Crippen LogP contribution in [0.15, 0.2) is 42.6 Å². The molecule has 4 rings (SSSR count). The number of halogens is 1. The number of hydrogen-bond acceptors (Lipinski definition) is 3. The van der Waals surface area contributed by atoms with E-state index in [2.05, 4.69) is 50.9 Å². The van der Waals surface area contributed by atoms with Gasteiger partial charge in [-0.15, -0.1) is 0 Å². The first kappa shape index (κ1) is 20.4. The molecule has 2 aliphatic rings. The monoisotopic (exact) mass is 407 g/mol. The SMILES string of the molecule is Clc1ccc(C2CCN(CCC#Cc3ccc(CN4CCCC4)cn3)CC2)cc1. The quantitative estimate of drug-likeness (QED) is 0.653. The second-order valence-corrected chi connectivity index (χ2v) is 8.69. The summed E-state index contributed by atoms with van der Waals surface area (Å²) in [6.07, 6.45) is 7.99. The third-order valence-electron chi connectivity index (χ3n) is 6.13. The van der Waals surface area contributed by atoms with E-state index in [9.17, 15) is 0 Å². The molecule has 2 fully saturated rings. The normalized spacial score (nSPS) is 18.5. The molecule has 152 valence electrons. The lowest BCUT2D eigenvalue weighted by molar-refractivity contribution is 0.217. The molecular formula is C25H30ClN3. The van der Waals surface area contributed by atoms with Gasteiger partial charge in [-0.3, -0.25) is 4.90 Å². The molecule has 0 bridgehead atoms. The van der Waals surface area contributed by atoms with Gasteiger partial charge in [-0.1, -0.05) is 35.7 Å². The van der Waals surface area contributed by atoms with Gasteiger partial charge < -0.3 is 4.90 Å². The largest absolute Gasteiger partial charge is 0.302 e. The number of pyridine rings is 1. The standard InChI is InChI=1S/C25H30ClN3/c26-24-9-7-22(8-10-24)23-12-17-28(18-13-23)14-2-1-5-25-11-6-21(19-27-25)20-29-15-3-4-16-29/h6-11,19,23H,2-4,12-18,20H2. The minimum Gasteiger partial charge on any atom is -0.302 e. The third-order valence-corrected chi connectivity index (χ3v) is 6.38. The Labute approximate surface area is 180 Å². The van der Waals surface area contributed by atoms with Gasteiger partial charge in [0, 0.05) is 30.7 Å². The van der Waals surface area contributed by atoms with Crippen LogP contribution in [0.25, 0.3) is 0 Å². The number of aromatic nitrogens is 1. The van der Waals surface area contributed by atoms with Gasteiger partial charge in [-0.25, -0.2) is 4.98 Å². The Morgan fingerprint density at radius 2 is 1.69 bits per heavy atom. The zero-order chi connectivity index (χ0) is 19.9. The number of benzene rings is 1. The van der Waals surface area contributed by atoms with Crippen molar-refractivity contribution in [1.29, 1.82) is 0 Å². The molecule has 4 heteroatoms. The summed E-state index contributed by atoms with van der Waals surface area (Å²) >= 11 is 6.00. The fraction of sp³-hybridized carbons (Fsp3) is 0.480. The molecule has 0 radical (unpaired) electrons. The second-order valence-electron chi connectivity index (χ2n) is 8.25. The highest BCUT2D eigenvalue weighted by molar-refractivity contribution is 6.30. The van der Waals surface area contributed by atoms with E-state index in [4.69, 9.17) is 11.6 Å². The average Bonchev–Trinajstić information content (AvgIpc) is 3.27. The summed E-state index contributed by atoms with van der Waals surface area (Å²) < 4.78 is 0. The van der Waals surface area contributed by atoms with Crippen LogP contribution in [0.3, 0.4) is 0 Å². The fourth-order valence-corrected chi connectivity index (χ4v) is 4.51. The molecular weight excluding hydrogens is 378 g/mol. The maximum Gasteiger partial charge on any atom is 0.113 e. The van der Waals surface area contributed by atoms with Gasteiger partial charge in [0.25, 0.3) is 0 Å². The molecule has 0 unspecified atom stereocenters. The zero-order valence-corrected chi connectivity index (χ0v) is 17.9. The van der Waals surface area contributed by atoms with E-state index in [0.717, 1.165) is 43.3 Å². The minimum absolute atomic E-state index is 0.665. The van der Waals surface area contributed by atoms with Gasteiger partial charge in [-0.2, -0.15) is 0 Å². The van der Waals surface area contributed by atoms with Crippen molar-refractivity contribution in [2.75, 3.05) is 32.7 Å². The van der Waals surface area contributed by atoms with Crippen molar-refractivity contribution in [3.63, 3.8) is 0 Å². The topological polar surface area (TPSA) is 19.4 Å². The minimum atomic E-state index is 0.665. The van der Waals surface area contributed by atoms with Crippen LogP contribution in [-0.2, 0) is 6.54 Å². The number of piperidine rings is 1. The van der Waals surface area contributed by atoms with Crippen molar-refractivity contribution in [3.05, 3.63) is 64.4 Å². The van der Waals surface area contributed by atoms with Crippen molar-refractivity contribution >= 4 is 11.6 Å². The van der Waals surface area contributed by atoms with E-state index in [1.54, 1.807) is 0 Å². The summed E-state index contributed by atoms with van der Waals surface area (Å²) in [5, 5.41) is 0.820. The summed E-state index contributed by atoms with van der Waals surface area (Å²) in [5.41, 5.74) is 3.60. The molecule has 0 aliphatic carbocycles. The van der Waals surface area contributed by atoms with Crippen LogP contribution < -0.4 is 0 Å². The third kappa shape index (κ3) is 6.06. The molecule has 0 spiro atoms. The lowest BCUT2D eigenvalue weighted by atomic mass is 9.89. The number of rotatable bonds is 5. The van der Waals surface area contributed by atoms with Crippen molar-refractivity contribution in [3.8, 4) is 11.8 Å². The van der Waals surface area contributed by atoms with E-state index >= 15 is 0 Å². The summed E-state index contributed by atoms with van der Waals surface area (Å²) in [4.78, 5) is 9.57. The smallest absolute Gasteiger partial charge is 0.113 e. The van der Waals surface area contributed by atoms with Gasteiger partial charge in [0.15, 0.2) is 0 Å². The average molecular weight is 408 g/mol. The first-order valence-corrected chi connectivity index (χ1v) is 11.3. The summed E-state index contributed by atoms with van der Waals surface area (Å²) in [6, 6.07) is 12.6. The summed E-state index contributed by atoms with van der Waals surface area (Å²) in [5.74, 6) is 7.21. The summed E-state index contributed by atoms with van der Waals surface area (Å²) in [6.45, 7) is 6.81. The van der Waals surface area contributed by atoms with E-state index in [0.29, 0.717) is 5.92 Å². The Bertz CT molecular complexity index is 821. The van der Waals surface area contributed by atoms with Crippen molar-refractivity contribution in [2.45, 2.75) is 44.6 Å². The molecule has 2 aromatic rings. The van der Waals surface area contributed by atoms with Crippen LogP contribution in [0.4, 0.5) is 0 Å². The first-order chi connectivity index (χ1) is 14.3. The summed E-state index contributed by atoms with van der Waals surface area (Å²) in [7, 11) is 0. The second kappa shape index (κ2) is 10.3. The predicted octanol–water partition coefficient (Wildman–Crippen LogP) is 4.95. The first-order valence-electron chi connectivity index (χ1n) is 10.9. The molecule has 0 atom stereocenters. The highest BCUT2D eigenvalue weighted by atomic mass is 35.5. The molecule has 1 aromatic heterocycles. The van der Waals surface area contributed by atoms with Crippen molar-refractivity contribution < 1.29 is 0 Å². The maximum atomic E-state index is 6.00. The Balaban J connectivity index is 1.18. The van der Waals surface area contributed by atoms with Crippen LogP contribution in [0.2, 0.25) is 5.02 Å². The van der Waals surface area contributed by atoms with E-state index in [1.165, 1.54) is 49.9 Å². The molecule has 2 saturated heterocycles. The van der Waals surface area contributed by atoms with Gasteiger partial charge in [-0.05, 0) is 93.0 Å². The number of likely N-dealkylation sites (tertiary alicyclic amines) is 2. The molecule has 1 aromatic carbocycles. The molecule has 0 saturated carbocycles. The van der Waals surface area contributed by atoms with Crippen LogP contribution in [0.5, 0.6) is 0 Å². The number of nitrogens with zero attached hydrogens (tertiary/aromatic N) is 3.